The first-order chi connectivity index (χ1) is 5.79. The summed E-state index contributed by atoms with van der Waals surface area (Å²) in [4.78, 5) is 0. The van der Waals surface area contributed by atoms with E-state index in [0.29, 0.717) is 12.1 Å². The van der Waals surface area contributed by atoms with Gasteiger partial charge < -0.3 is 15.2 Å². The number of ether oxygens (including phenoxy) is 2. The SMILES string of the molecule is CC(N)CCCCOC1COC1. The van der Waals surface area contributed by atoms with Gasteiger partial charge in [-0.3, -0.25) is 0 Å². The summed E-state index contributed by atoms with van der Waals surface area (Å²) >= 11 is 0. The van der Waals surface area contributed by atoms with E-state index >= 15 is 0 Å². The van der Waals surface area contributed by atoms with Crippen molar-refractivity contribution in [3.8, 4) is 0 Å². The van der Waals surface area contributed by atoms with E-state index in [-0.39, 0.29) is 0 Å². The third kappa shape index (κ3) is 4.04. The van der Waals surface area contributed by atoms with Gasteiger partial charge in [-0.1, -0.05) is 0 Å². The minimum atomic E-state index is 0.331. The van der Waals surface area contributed by atoms with Crippen molar-refractivity contribution in [3.63, 3.8) is 0 Å². The van der Waals surface area contributed by atoms with E-state index in [4.69, 9.17) is 15.2 Å². The van der Waals surface area contributed by atoms with Crippen molar-refractivity contribution < 1.29 is 9.47 Å². The predicted molar refractivity (Wildman–Crippen MR) is 48.1 cm³/mol. The molecule has 0 aromatic rings. The van der Waals surface area contributed by atoms with Crippen molar-refractivity contribution in [1.29, 1.82) is 0 Å². The molecular formula is C9H19NO2. The van der Waals surface area contributed by atoms with Crippen LogP contribution < -0.4 is 5.73 Å². The summed E-state index contributed by atoms with van der Waals surface area (Å²) < 4.78 is 10.5. The molecule has 3 nitrogen and oxygen atoms in total. The summed E-state index contributed by atoms with van der Waals surface area (Å²) in [5.74, 6) is 0. The van der Waals surface area contributed by atoms with Crippen molar-refractivity contribution in [2.75, 3.05) is 19.8 Å². The smallest absolute Gasteiger partial charge is 0.104 e. The molecular weight excluding hydrogens is 154 g/mol. The highest BCUT2D eigenvalue weighted by atomic mass is 16.6. The zero-order valence-corrected chi connectivity index (χ0v) is 7.79. The van der Waals surface area contributed by atoms with E-state index in [0.717, 1.165) is 32.7 Å². The molecule has 0 saturated carbocycles. The maximum atomic E-state index is 5.61. The minimum absolute atomic E-state index is 0.331. The van der Waals surface area contributed by atoms with Crippen LogP contribution >= 0.6 is 0 Å². The topological polar surface area (TPSA) is 44.5 Å². The summed E-state index contributed by atoms with van der Waals surface area (Å²) in [5, 5.41) is 0. The normalized spacial score (nSPS) is 20.5. The average Bonchev–Trinajstić information content (AvgIpc) is 1.92. The first-order valence-electron chi connectivity index (χ1n) is 4.74. The van der Waals surface area contributed by atoms with Crippen molar-refractivity contribution in [3.05, 3.63) is 0 Å². The number of nitrogens with two attached hydrogens (primary N) is 1. The molecule has 0 aromatic carbocycles. The largest absolute Gasteiger partial charge is 0.376 e. The van der Waals surface area contributed by atoms with Crippen LogP contribution in [0.3, 0.4) is 0 Å². The maximum absolute atomic E-state index is 5.61. The first-order valence-corrected chi connectivity index (χ1v) is 4.74. The Morgan fingerprint density at radius 2 is 2.25 bits per heavy atom. The van der Waals surface area contributed by atoms with Crippen LogP contribution in [0.5, 0.6) is 0 Å². The molecule has 3 heteroatoms. The van der Waals surface area contributed by atoms with Crippen molar-refractivity contribution in [2.45, 2.75) is 38.3 Å². The molecule has 1 rings (SSSR count). The number of hydrogen-bond donors (Lipinski definition) is 1. The van der Waals surface area contributed by atoms with Crippen LogP contribution in [0.15, 0.2) is 0 Å². The predicted octanol–water partition coefficient (Wildman–Crippen LogP) is 0.919. The molecule has 1 aliphatic heterocycles. The monoisotopic (exact) mass is 173 g/mol. The van der Waals surface area contributed by atoms with Gasteiger partial charge in [0, 0.05) is 12.6 Å². The molecule has 1 aliphatic rings. The van der Waals surface area contributed by atoms with E-state index < -0.39 is 0 Å². The lowest BCUT2D eigenvalue weighted by Crippen LogP contribution is -2.36. The van der Waals surface area contributed by atoms with Gasteiger partial charge in [0.15, 0.2) is 0 Å². The Hall–Kier alpha value is -0.120. The van der Waals surface area contributed by atoms with Crippen LogP contribution in [0.4, 0.5) is 0 Å². The highest BCUT2D eigenvalue weighted by Crippen LogP contribution is 2.07. The second-order valence-electron chi connectivity index (χ2n) is 3.50. The van der Waals surface area contributed by atoms with Crippen LogP contribution in [0.25, 0.3) is 0 Å². The Labute approximate surface area is 74.2 Å². The van der Waals surface area contributed by atoms with Gasteiger partial charge in [0.25, 0.3) is 0 Å². The Morgan fingerprint density at radius 1 is 1.50 bits per heavy atom. The fraction of sp³-hybridized carbons (Fsp3) is 1.00. The van der Waals surface area contributed by atoms with Crippen molar-refractivity contribution in [1.82, 2.24) is 0 Å². The molecule has 1 heterocycles. The van der Waals surface area contributed by atoms with E-state index in [9.17, 15) is 0 Å². The van der Waals surface area contributed by atoms with Crippen LogP contribution in [-0.2, 0) is 9.47 Å². The summed E-state index contributed by atoms with van der Waals surface area (Å²) in [6, 6.07) is 0.331. The maximum Gasteiger partial charge on any atom is 0.104 e. The lowest BCUT2D eigenvalue weighted by atomic mass is 10.1. The fourth-order valence-electron chi connectivity index (χ4n) is 1.13. The average molecular weight is 173 g/mol. The van der Waals surface area contributed by atoms with E-state index in [2.05, 4.69) is 0 Å². The second kappa shape index (κ2) is 5.51. The number of hydrogen-bond acceptors (Lipinski definition) is 3. The van der Waals surface area contributed by atoms with Gasteiger partial charge in [0.1, 0.15) is 6.10 Å². The van der Waals surface area contributed by atoms with Gasteiger partial charge in [0.2, 0.25) is 0 Å². The molecule has 0 aliphatic carbocycles. The molecule has 12 heavy (non-hydrogen) atoms. The molecule has 0 aromatic heterocycles. The standard InChI is InChI=1S/C9H19NO2/c1-8(10)4-2-3-5-12-9-6-11-7-9/h8-9H,2-7,10H2,1H3. The molecule has 2 N–H and O–H groups in total. The van der Waals surface area contributed by atoms with Crippen LogP contribution in [-0.4, -0.2) is 32.0 Å². The minimum Gasteiger partial charge on any atom is -0.376 e. The molecule has 72 valence electrons. The third-order valence-corrected chi connectivity index (χ3v) is 2.01. The van der Waals surface area contributed by atoms with Gasteiger partial charge in [-0.25, -0.2) is 0 Å². The van der Waals surface area contributed by atoms with Crippen LogP contribution in [0.1, 0.15) is 26.2 Å². The van der Waals surface area contributed by atoms with Gasteiger partial charge in [-0.2, -0.15) is 0 Å². The lowest BCUT2D eigenvalue weighted by Gasteiger charge is -2.25. The first kappa shape index (κ1) is 9.96. The van der Waals surface area contributed by atoms with E-state index in [1.165, 1.54) is 6.42 Å². The van der Waals surface area contributed by atoms with Crippen LogP contribution in [0.2, 0.25) is 0 Å². The van der Waals surface area contributed by atoms with E-state index in [1.807, 2.05) is 6.92 Å². The molecule has 1 unspecified atom stereocenters. The molecule has 1 fully saturated rings. The molecule has 1 atom stereocenters. The highest BCUT2D eigenvalue weighted by molar-refractivity contribution is 4.64. The molecule has 0 amide bonds. The van der Waals surface area contributed by atoms with Crippen molar-refractivity contribution >= 4 is 0 Å². The van der Waals surface area contributed by atoms with Crippen LogP contribution in [0, 0.1) is 0 Å². The zero-order chi connectivity index (χ0) is 8.81. The Balaban J connectivity index is 1.76. The third-order valence-electron chi connectivity index (χ3n) is 2.01. The number of unbranched alkanes of at least 4 members (excludes halogenated alkanes) is 1. The fourth-order valence-corrected chi connectivity index (χ4v) is 1.13. The van der Waals surface area contributed by atoms with Gasteiger partial charge in [-0.05, 0) is 26.2 Å². The molecule has 0 bridgehead atoms. The molecule has 0 radical (unpaired) electrons. The zero-order valence-electron chi connectivity index (χ0n) is 7.79. The van der Waals surface area contributed by atoms with Crippen molar-refractivity contribution in [2.24, 2.45) is 5.73 Å². The summed E-state index contributed by atoms with van der Waals surface area (Å²) in [5.41, 5.74) is 5.61. The highest BCUT2D eigenvalue weighted by Gasteiger charge is 2.17. The summed E-state index contributed by atoms with van der Waals surface area (Å²) in [7, 11) is 0. The summed E-state index contributed by atoms with van der Waals surface area (Å²) in [6.07, 6.45) is 3.77. The number of rotatable bonds is 6. The van der Waals surface area contributed by atoms with Gasteiger partial charge >= 0.3 is 0 Å². The quantitative estimate of drug-likeness (QED) is 0.607. The Morgan fingerprint density at radius 3 is 2.75 bits per heavy atom. The van der Waals surface area contributed by atoms with Gasteiger partial charge in [0.05, 0.1) is 13.2 Å². The Bertz CT molecular complexity index is 113. The summed E-state index contributed by atoms with van der Waals surface area (Å²) in [6.45, 7) is 4.47. The Kier molecular flexibility index (Phi) is 4.58. The molecule has 1 saturated heterocycles. The second-order valence-corrected chi connectivity index (χ2v) is 3.50. The molecule has 0 spiro atoms. The lowest BCUT2D eigenvalue weighted by molar-refractivity contribution is -0.129. The van der Waals surface area contributed by atoms with E-state index in [1.54, 1.807) is 0 Å². The van der Waals surface area contributed by atoms with Gasteiger partial charge in [-0.15, -0.1) is 0 Å².